The molecule has 0 spiro atoms. The predicted molar refractivity (Wildman–Crippen MR) is 74.4 cm³/mol. The fraction of sp³-hybridized carbons (Fsp3) is 0.857. The lowest BCUT2D eigenvalue weighted by molar-refractivity contribution is 0.126. The Kier molecular flexibility index (Phi) is 4.89. The van der Waals surface area contributed by atoms with Gasteiger partial charge in [0.05, 0.1) is 0 Å². The summed E-state index contributed by atoms with van der Waals surface area (Å²) in [5.41, 5.74) is 3.01. The monoisotopic (exact) mass is 256 g/mol. The van der Waals surface area contributed by atoms with Crippen LogP contribution >= 0.6 is 11.6 Å². The molecule has 1 saturated heterocycles. The van der Waals surface area contributed by atoms with Crippen molar-refractivity contribution in [2.24, 2.45) is 5.92 Å². The Morgan fingerprint density at radius 3 is 2.82 bits per heavy atom. The highest BCUT2D eigenvalue weighted by Gasteiger charge is 2.36. The number of nitrogens with zero attached hydrogens (tertiary/aromatic N) is 1. The second-order valence-electron chi connectivity index (χ2n) is 5.68. The molecule has 98 valence electrons. The molecule has 0 aromatic heterocycles. The van der Waals surface area contributed by atoms with Crippen LogP contribution in [0.3, 0.4) is 0 Å². The first-order valence-electron chi connectivity index (χ1n) is 6.98. The first kappa shape index (κ1) is 13.4. The van der Waals surface area contributed by atoms with E-state index < -0.39 is 0 Å². The smallest absolute Gasteiger partial charge is 0.0224 e. The molecule has 2 nitrogen and oxygen atoms in total. The van der Waals surface area contributed by atoms with Crippen molar-refractivity contribution in [1.82, 2.24) is 10.2 Å². The van der Waals surface area contributed by atoms with Gasteiger partial charge in [-0.05, 0) is 37.7 Å². The molecule has 2 fully saturated rings. The van der Waals surface area contributed by atoms with E-state index in [0.29, 0.717) is 6.04 Å². The van der Waals surface area contributed by atoms with Crippen LogP contribution in [0.1, 0.15) is 39.5 Å². The number of rotatable bonds is 5. The summed E-state index contributed by atoms with van der Waals surface area (Å²) in [4.78, 5) is 2.64. The molecule has 2 aliphatic rings. The third kappa shape index (κ3) is 3.70. The van der Waals surface area contributed by atoms with Crippen LogP contribution in [0, 0.1) is 5.92 Å². The maximum absolute atomic E-state index is 5.80. The van der Waals surface area contributed by atoms with E-state index in [4.69, 9.17) is 11.6 Å². The van der Waals surface area contributed by atoms with Gasteiger partial charge in [-0.3, -0.25) is 4.90 Å². The topological polar surface area (TPSA) is 15.3 Å². The summed E-state index contributed by atoms with van der Waals surface area (Å²) < 4.78 is 0. The van der Waals surface area contributed by atoms with Gasteiger partial charge in [0.25, 0.3) is 0 Å². The molecule has 0 aromatic carbocycles. The van der Waals surface area contributed by atoms with Crippen molar-refractivity contribution in [2.45, 2.75) is 51.6 Å². The lowest BCUT2D eigenvalue weighted by Gasteiger charge is -2.41. The molecule has 1 aliphatic heterocycles. The lowest BCUT2D eigenvalue weighted by Crippen LogP contribution is -2.57. The highest BCUT2D eigenvalue weighted by atomic mass is 35.5. The van der Waals surface area contributed by atoms with Gasteiger partial charge in [0.1, 0.15) is 0 Å². The normalized spacial score (nSPS) is 31.8. The molecule has 17 heavy (non-hydrogen) atoms. The molecule has 2 atom stereocenters. The minimum Gasteiger partial charge on any atom is -0.311 e. The van der Waals surface area contributed by atoms with Gasteiger partial charge >= 0.3 is 0 Å². The van der Waals surface area contributed by atoms with E-state index in [1.54, 1.807) is 5.54 Å². The fourth-order valence-electron chi connectivity index (χ4n) is 2.86. The van der Waals surface area contributed by atoms with E-state index in [1.165, 1.54) is 37.8 Å². The maximum atomic E-state index is 5.80. The zero-order chi connectivity index (χ0) is 12.3. The molecule has 2 rings (SSSR count). The average Bonchev–Trinajstić information content (AvgIpc) is 3.15. The predicted octanol–water partition coefficient (Wildman–Crippen LogP) is 2.98. The Morgan fingerprint density at radius 1 is 1.47 bits per heavy atom. The molecule has 3 heteroatoms. The SMILES string of the molecule is CCCC1CNC(C2CC2)CN1CC(C)=CCl. The Balaban J connectivity index is 1.93. The van der Waals surface area contributed by atoms with Crippen LogP contribution in [-0.4, -0.2) is 36.6 Å². The molecule has 2 unspecified atom stereocenters. The molecule has 1 N–H and O–H groups in total. The third-order valence-corrected chi connectivity index (χ3v) is 4.39. The van der Waals surface area contributed by atoms with Crippen molar-refractivity contribution < 1.29 is 0 Å². The molecule has 0 bridgehead atoms. The molecule has 0 amide bonds. The van der Waals surface area contributed by atoms with Crippen molar-refractivity contribution in [2.75, 3.05) is 19.6 Å². The van der Waals surface area contributed by atoms with Crippen LogP contribution in [0.4, 0.5) is 0 Å². The van der Waals surface area contributed by atoms with Gasteiger partial charge in [-0.25, -0.2) is 0 Å². The van der Waals surface area contributed by atoms with Crippen molar-refractivity contribution >= 4 is 11.6 Å². The first-order valence-corrected chi connectivity index (χ1v) is 7.41. The van der Waals surface area contributed by atoms with Gasteiger partial charge in [0.15, 0.2) is 0 Å². The Labute approximate surface area is 110 Å². The Bertz CT molecular complexity index is 273. The van der Waals surface area contributed by atoms with Crippen LogP contribution in [0.25, 0.3) is 0 Å². The summed E-state index contributed by atoms with van der Waals surface area (Å²) in [7, 11) is 0. The van der Waals surface area contributed by atoms with Crippen LogP contribution in [-0.2, 0) is 0 Å². The Hall–Kier alpha value is -0.0500. The highest BCUT2D eigenvalue weighted by molar-refractivity contribution is 6.25. The van der Waals surface area contributed by atoms with Crippen LogP contribution in [0.5, 0.6) is 0 Å². The zero-order valence-corrected chi connectivity index (χ0v) is 11.8. The number of halogens is 1. The highest BCUT2D eigenvalue weighted by Crippen LogP contribution is 2.34. The molecule has 1 heterocycles. The molecule has 0 aromatic rings. The molecule has 0 radical (unpaired) electrons. The van der Waals surface area contributed by atoms with E-state index in [9.17, 15) is 0 Å². The zero-order valence-electron chi connectivity index (χ0n) is 11.1. The lowest BCUT2D eigenvalue weighted by atomic mass is 10.0. The molecular weight excluding hydrogens is 232 g/mol. The van der Waals surface area contributed by atoms with Gasteiger partial charge in [-0.15, -0.1) is 0 Å². The quantitative estimate of drug-likeness (QED) is 0.814. The maximum Gasteiger partial charge on any atom is 0.0224 e. The third-order valence-electron chi connectivity index (χ3n) is 4.01. The summed E-state index contributed by atoms with van der Waals surface area (Å²) >= 11 is 5.80. The molecular formula is C14H25ClN2. The number of hydrogen-bond donors (Lipinski definition) is 1. The van der Waals surface area contributed by atoms with Crippen molar-refractivity contribution in [3.8, 4) is 0 Å². The number of hydrogen-bond acceptors (Lipinski definition) is 2. The molecule has 1 aliphatic carbocycles. The van der Waals surface area contributed by atoms with E-state index in [1.807, 2.05) is 0 Å². The van der Waals surface area contributed by atoms with E-state index >= 15 is 0 Å². The van der Waals surface area contributed by atoms with E-state index in [2.05, 4.69) is 24.1 Å². The molecule has 1 saturated carbocycles. The standard InChI is InChI=1S/C14H25ClN2/c1-3-4-13-8-16-14(12-5-6-12)10-17(13)9-11(2)7-15/h7,12-14,16H,3-6,8-10H2,1-2H3. The first-order chi connectivity index (χ1) is 8.24. The fourth-order valence-corrected chi connectivity index (χ4v) is 2.93. The summed E-state index contributed by atoms with van der Waals surface area (Å²) in [6, 6.07) is 1.42. The summed E-state index contributed by atoms with van der Waals surface area (Å²) in [6.07, 6.45) is 5.41. The van der Waals surface area contributed by atoms with Crippen molar-refractivity contribution in [1.29, 1.82) is 0 Å². The van der Waals surface area contributed by atoms with Gasteiger partial charge < -0.3 is 5.32 Å². The van der Waals surface area contributed by atoms with Crippen LogP contribution < -0.4 is 5.32 Å². The summed E-state index contributed by atoms with van der Waals surface area (Å²) in [5, 5.41) is 3.74. The average molecular weight is 257 g/mol. The van der Waals surface area contributed by atoms with Crippen molar-refractivity contribution in [3.63, 3.8) is 0 Å². The van der Waals surface area contributed by atoms with Crippen molar-refractivity contribution in [3.05, 3.63) is 11.1 Å². The number of nitrogens with one attached hydrogen (secondary N) is 1. The second-order valence-corrected chi connectivity index (χ2v) is 5.90. The van der Waals surface area contributed by atoms with Gasteiger partial charge in [0.2, 0.25) is 0 Å². The van der Waals surface area contributed by atoms with E-state index in [0.717, 1.165) is 25.0 Å². The second kappa shape index (κ2) is 6.21. The summed E-state index contributed by atoms with van der Waals surface area (Å²) in [6.45, 7) is 7.81. The van der Waals surface area contributed by atoms with Crippen LogP contribution in [0.15, 0.2) is 11.1 Å². The van der Waals surface area contributed by atoms with Crippen LogP contribution in [0.2, 0.25) is 0 Å². The minimum atomic E-state index is 0.696. The number of piperazine rings is 1. The minimum absolute atomic E-state index is 0.696. The van der Waals surface area contributed by atoms with E-state index in [-0.39, 0.29) is 0 Å². The largest absolute Gasteiger partial charge is 0.311 e. The van der Waals surface area contributed by atoms with Gasteiger partial charge in [0, 0.05) is 37.3 Å². The van der Waals surface area contributed by atoms with Gasteiger partial charge in [-0.2, -0.15) is 0 Å². The summed E-state index contributed by atoms with van der Waals surface area (Å²) in [5.74, 6) is 0.945. The van der Waals surface area contributed by atoms with Gasteiger partial charge in [-0.1, -0.05) is 24.9 Å². The Morgan fingerprint density at radius 2 is 2.24 bits per heavy atom.